The maximum Gasteiger partial charge on any atom is 0.271 e. The molecule has 1 aliphatic rings. The summed E-state index contributed by atoms with van der Waals surface area (Å²) >= 11 is 0. The Hall–Kier alpha value is -2.50. The molecule has 2 rings (SSSR count). The highest BCUT2D eigenvalue weighted by Crippen LogP contribution is 2.38. The monoisotopic (exact) mass is 360 g/mol. The number of rotatable bonds is 9. The van der Waals surface area contributed by atoms with Crippen LogP contribution in [0, 0.1) is 0 Å². The standard InChI is InChI=1S/C20H28N2O4/c1-5-6-7-9-14-10-8-11-16(14)21-22-20(23)15-12-17(24-2)19(26-4)18(13-15)25-3/h10,12-13H,5-9,11H2,1-4H3,(H,22,23). The summed E-state index contributed by atoms with van der Waals surface area (Å²) in [6, 6.07) is 3.23. The molecule has 0 fully saturated rings. The van der Waals surface area contributed by atoms with E-state index in [-0.39, 0.29) is 5.91 Å². The van der Waals surface area contributed by atoms with E-state index in [2.05, 4.69) is 23.5 Å². The highest BCUT2D eigenvalue weighted by molar-refractivity contribution is 6.03. The lowest BCUT2D eigenvalue weighted by Crippen LogP contribution is -2.20. The van der Waals surface area contributed by atoms with Crippen molar-refractivity contribution in [2.45, 2.75) is 45.4 Å². The van der Waals surface area contributed by atoms with Crippen molar-refractivity contribution in [3.8, 4) is 17.2 Å². The van der Waals surface area contributed by atoms with Crippen LogP contribution < -0.4 is 19.6 Å². The maximum atomic E-state index is 12.5. The minimum atomic E-state index is -0.309. The van der Waals surface area contributed by atoms with Gasteiger partial charge in [-0.25, -0.2) is 5.43 Å². The Bertz CT molecular complexity index is 670. The van der Waals surface area contributed by atoms with Crippen LogP contribution in [0.2, 0.25) is 0 Å². The van der Waals surface area contributed by atoms with Crippen molar-refractivity contribution in [2.75, 3.05) is 21.3 Å². The second kappa shape index (κ2) is 9.85. The fraction of sp³-hybridized carbons (Fsp3) is 0.500. The minimum Gasteiger partial charge on any atom is -0.493 e. The van der Waals surface area contributed by atoms with Crippen LogP contribution in [0.1, 0.15) is 55.8 Å². The smallest absolute Gasteiger partial charge is 0.271 e. The van der Waals surface area contributed by atoms with Gasteiger partial charge in [-0.3, -0.25) is 4.79 Å². The van der Waals surface area contributed by atoms with E-state index in [0.29, 0.717) is 22.8 Å². The average Bonchev–Trinajstić information content (AvgIpc) is 3.12. The third-order valence-electron chi connectivity index (χ3n) is 4.41. The second-order valence-corrected chi connectivity index (χ2v) is 6.14. The molecule has 1 aliphatic carbocycles. The van der Waals surface area contributed by atoms with Gasteiger partial charge in [0, 0.05) is 5.56 Å². The number of unbranched alkanes of at least 4 members (excludes halogenated alkanes) is 2. The normalized spacial score (nSPS) is 14.9. The molecule has 142 valence electrons. The lowest BCUT2D eigenvalue weighted by Gasteiger charge is -2.13. The number of hydrogen-bond acceptors (Lipinski definition) is 5. The predicted octanol–water partition coefficient (Wildman–Crippen LogP) is 4.10. The number of hydrogen-bond donors (Lipinski definition) is 1. The minimum absolute atomic E-state index is 0.309. The van der Waals surface area contributed by atoms with Gasteiger partial charge >= 0.3 is 0 Å². The van der Waals surface area contributed by atoms with Gasteiger partial charge in [0.2, 0.25) is 5.75 Å². The quantitative estimate of drug-likeness (QED) is 0.532. The van der Waals surface area contributed by atoms with E-state index in [1.54, 1.807) is 12.1 Å². The molecule has 0 unspecified atom stereocenters. The Kier molecular flexibility index (Phi) is 7.51. The van der Waals surface area contributed by atoms with Crippen molar-refractivity contribution < 1.29 is 19.0 Å². The van der Waals surface area contributed by atoms with Crippen LogP contribution in [-0.4, -0.2) is 32.9 Å². The SMILES string of the molecule is CCCCCC1=CCCC1=NNC(=O)c1cc(OC)c(OC)c(OC)c1. The molecule has 6 nitrogen and oxygen atoms in total. The number of benzene rings is 1. The first-order chi connectivity index (χ1) is 12.6. The number of allylic oxidation sites excluding steroid dienone is 2. The number of carbonyl (C=O) groups is 1. The third kappa shape index (κ3) is 4.77. The van der Waals surface area contributed by atoms with Crippen LogP contribution >= 0.6 is 0 Å². The topological polar surface area (TPSA) is 69.2 Å². The molecular formula is C20H28N2O4. The van der Waals surface area contributed by atoms with Crippen LogP contribution in [0.15, 0.2) is 28.9 Å². The van der Waals surface area contributed by atoms with E-state index < -0.39 is 0 Å². The first-order valence-corrected chi connectivity index (χ1v) is 9.00. The molecule has 0 aliphatic heterocycles. The van der Waals surface area contributed by atoms with E-state index >= 15 is 0 Å². The zero-order valence-corrected chi connectivity index (χ0v) is 16.1. The molecule has 1 aromatic carbocycles. The van der Waals surface area contributed by atoms with Gasteiger partial charge in [0.1, 0.15) is 0 Å². The number of amides is 1. The molecule has 26 heavy (non-hydrogen) atoms. The summed E-state index contributed by atoms with van der Waals surface area (Å²) in [5.41, 5.74) is 5.29. The molecule has 0 bridgehead atoms. The van der Waals surface area contributed by atoms with Crippen LogP contribution in [0.5, 0.6) is 17.2 Å². The van der Waals surface area contributed by atoms with Gasteiger partial charge in [0.05, 0.1) is 27.0 Å². The number of nitrogens with one attached hydrogen (secondary N) is 1. The van der Waals surface area contributed by atoms with Crippen molar-refractivity contribution in [1.29, 1.82) is 0 Å². The Morgan fingerprint density at radius 1 is 1.12 bits per heavy atom. The van der Waals surface area contributed by atoms with Crippen LogP contribution in [0.3, 0.4) is 0 Å². The van der Waals surface area contributed by atoms with Gasteiger partial charge in [-0.2, -0.15) is 5.10 Å². The summed E-state index contributed by atoms with van der Waals surface area (Å²) in [6.07, 6.45) is 8.66. The molecular weight excluding hydrogens is 332 g/mol. The van der Waals surface area contributed by atoms with Gasteiger partial charge < -0.3 is 14.2 Å². The summed E-state index contributed by atoms with van der Waals surface area (Å²) in [5.74, 6) is 1.02. The van der Waals surface area contributed by atoms with Gasteiger partial charge in [-0.1, -0.05) is 25.8 Å². The summed E-state index contributed by atoms with van der Waals surface area (Å²) in [5, 5.41) is 4.35. The number of carbonyl (C=O) groups excluding carboxylic acids is 1. The summed E-state index contributed by atoms with van der Waals surface area (Å²) < 4.78 is 15.9. The number of methoxy groups -OCH3 is 3. The van der Waals surface area contributed by atoms with E-state index in [9.17, 15) is 4.79 Å². The van der Waals surface area contributed by atoms with Crippen molar-refractivity contribution in [2.24, 2.45) is 5.10 Å². The van der Waals surface area contributed by atoms with E-state index in [0.717, 1.165) is 31.4 Å². The van der Waals surface area contributed by atoms with E-state index in [1.165, 1.54) is 39.7 Å². The van der Waals surface area contributed by atoms with Crippen LogP contribution in [0.4, 0.5) is 0 Å². The number of nitrogens with zero attached hydrogens (tertiary/aromatic N) is 1. The van der Waals surface area contributed by atoms with E-state index in [4.69, 9.17) is 14.2 Å². The van der Waals surface area contributed by atoms with Gasteiger partial charge in [0.15, 0.2) is 11.5 Å². The first-order valence-electron chi connectivity index (χ1n) is 9.00. The highest BCUT2D eigenvalue weighted by Gasteiger charge is 2.18. The van der Waals surface area contributed by atoms with Gasteiger partial charge in [0.25, 0.3) is 5.91 Å². The number of hydrazone groups is 1. The largest absolute Gasteiger partial charge is 0.493 e. The van der Waals surface area contributed by atoms with Crippen molar-refractivity contribution >= 4 is 11.6 Å². The third-order valence-corrected chi connectivity index (χ3v) is 4.41. The molecule has 1 aromatic rings. The molecule has 0 heterocycles. The van der Waals surface area contributed by atoms with Gasteiger partial charge in [-0.05, 0) is 43.4 Å². The molecule has 0 aromatic heterocycles. The van der Waals surface area contributed by atoms with Crippen LogP contribution in [0.25, 0.3) is 0 Å². The Labute approximate surface area is 155 Å². The fourth-order valence-corrected chi connectivity index (χ4v) is 3.00. The molecule has 6 heteroatoms. The van der Waals surface area contributed by atoms with Crippen molar-refractivity contribution in [1.82, 2.24) is 5.43 Å². The molecule has 0 radical (unpaired) electrons. The van der Waals surface area contributed by atoms with Crippen LogP contribution in [-0.2, 0) is 0 Å². The molecule has 0 atom stereocenters. The Morgan fingerprint density at radius 2 is 1.81 bits per heavy atom. The lowest BCUT2D eigenvalue weighted by atomic mass is 10.1. The molecule has 0 saturated carbocycles. The lowest BCUT2D eigenvalue weighted by molar-refractivity contribution is 0.0954. The van der Waals surface area contributed by atoms with Gasteiger partial charge in [-0.15, -0.1) is 0 Å². The molecule has 1 N–H and O–H groups in total. The zero-order valence-electron chi connectivity index (χ0n) is 16.1. The molecule has 0 saturated heterocycles. The summed E-state index contributed by atoms with van der Waals surface area (Å²) in [7, 11) is 4.56. The summed E-state index contributed by atoms with van der Waals surface area (Å²) in [4.78, 5) is 12.5. The fourth-order valence-electron chi connectivity index (χ4n) is 3.00. The second-order valence-electron chi connectivity index (χ2n) is 6.14. The summed E-state index contributed by atoms with van der Waals surface area (Å²) in [6.45, 7) is 2.19. The molecule has 0 spiro atoms. The first kappa shape index (κ1) is 19.8. The Morgan fingerprint density at radius 3 is 2.38 bits per heavy atom. The number of ether oxygens (including phenoxy) is 3. The molecule has 1 amide bonds. The van der Waals surface area contributed by atoms with E-state index in [1.807, 2.05) is 0 Å². The average molecular weight is 360 g/mol. The van der Waals surface area contributed by atoms with Crippen molar-refractivity contribution in [3.63, 3.8) is 0 Å². The predicted molar refractivity (Wildman–Crippen MR) is 102 cm³/mol. The van der Waals surface area contributed by atoms with Crippen molar-refractivity contribution in [3.05, 3.63) is 29.3 Å². The highest BCUT2D eigenvalue weighted by atomic mass is 16.5. The zero-order chi connectivity index (χ0) is 18.9. The Balaban J connectivity index is 2.11. The maximum absolute atomic E-state index is 12.5.